The number of halogens is 2. The molecule has 0 N–H and O–H groups in total. The standard InChI is InChI=1S/C14H9ClFN3O3/c15-11-7-10(16)5-3-8(11)1-2-9-4-6-12-13(18-22-17-12)14(9)19(20)21/h3-7H,1-2H2. The molecule has 1 aromatic heterocycles. The minimum atomic E-state index is -0.506. The molecule has 6 nitrogen and oxygen atoms in total. The second kappa shape index (κ2) is 5.69. The van der Waals surface area contributed by atoms with Crippen molar-refractivity contribution in [3.05, 3.63) is 62.4 Å². The minimum absolute atomic E-state index is 0.118. The molecule has 0 spiro atoms. The van der Waals surface area contributed by atoms with E-state index in [-0.39, 0.29) is 11.2 Å². The highest BCUT2D eigenvalue weighted by Gasteiger charge is 2.22. The molecule has 8 heteroatoms. The Morgan fingerprint density at radius 3 is 2.64 bits per heavy atom. The van der Waals surface area contributed by atoms with Crippen LogP contribution in [0.5, 0.6) is 0 Å². The summed E-state index contributed by atoms with van der Waals surface area (Å²) in [6.45, 7) is 0. The van der Waals surface area contributed by atoms with E-state index in [1.165, 1.54) is 12.1 Å². The van der Waals surface area contributed by atoms with Crippen LogP contribution in [0, 0.1) is 15.9 Å². The molecule has 3 aromatic rings. The van der Waals surface area contributed by atoms with E-state index in [0.29, 0.717) is 28.9 Å². The number of fused-ring (bicyclic) bond motifs is 1. The number of nitrogens with zero attached hydrogens (tertiary/aromatic N) is 3. The Labute approximate surface area is 128 Å². The number of benzene rings is 2. The van der Waals surface area contributed by atoms with Gasteiger partial charge in [-0.25, -0.2) is 9.02 Å². The van der Waals surface area contributed by atoms with Gasteiger partial charge in [-0.05, 0) is 53.0 Å². The van der Waals surface area contributed by atoms with Crippen LogP contribution in [0.4, 0.5) is 10.1 Å². The van der Waals surface area contributed by atoms with E-state index < -0.39 is 10.7 Å². The molecule has 0 saturated carbocycles. The van der Waals surface area contributed by atoms with E-state index in [1.807, 2.05) is 0 Å². The molecule has 0 unspecified atom stereocenters. The molecule has 22 heavy (non-hydrogen) atoms. The van der Waals surface area contributed by atoms with E-state index >= 15 is 0 Å². The predicted molar refractivity (Wildman–Crippen MR) is 77.3 cm³/mol. The molecule has 112 valence electrons. The largest absolute Gasteiger partial charge is 0.303 e. The maximum absolute atomic E-state index is 13.0. The van der Waals surface area contributed by atoms with Gasteiger partial charge in [-0.3, -0.25) is 10.1 Å². The molecule has 0 bridgehead atoms. The van der Waals surface area contributed by atoms with Crippen molar-refractivity contribution in [1.29, 1.82) is 0 Å². The van der Waals surface area contributed by atoms with Crippen molar-refractivity contribution in [3.63, 3.8) is 0 Å². The first kappa shape index (κ1) is 14.4. The summed E-state index contributed by atoms with van der Waals surface area (Å²) < 4.78 is 17.6. The monoisotopic (exact) mass is 321 g/mol. The van der Waals surface area contributed by atoms with Crippen LogP contribution in [0.25, 0.3) is 11.0 Å². The van der Waals surface area contributed by atoms with Crippen LogP contribution in [0.2, 0.25) is 5.02 Å². The highest BCUT2D eigenvalue weighted by atomic mass is 35.5. The molecule has 0 saturated heterocycles. The van der Waals surface area contributed by atoms with E-state index in [4.69, 9.17) is 11.6 Å². The maximum atomic E-state index is 13.0. The summed E-state index contributed by atoms with van der Waals surface area (Å²) in [5, 5.41) is 18.7. The Hall–Kier alpha value is -2.54. The second-order valence-electron chi connectivity index (χ2n) is 4.70. The highest BCUT2D eigenvalue weighted by molar-refractivity contribution is 6.31. The van der Waals surface area contributed by atoms with E-state index in [2.05, 4.69) is 14.9 Å². The lowest BCUT2D eigenvalue weighted by atomic mass is 10.0. The van der Waals surface area contributed by atoms with E-state index in [0.717, 1.165) is 5.56 Å². The Morgan fingerprint density at radius 2 is 1.91 bits per heavy atom. The molecular formula is C14H9ClFN3O3. The first-order chi connectivity index (χ1) is 10.6. The van der Waals surface area contributed by atoms with Crippen molar-refractivity contribution in [2.24, 2.45) is 0 Å². The van der Waals surface area contributed by atoms with Crippen LogP contribution in [-0.2, 0) is 12.8 Å². The smallest absolute Gasteiger partial charge is 0.258 e. The third kappa shape index (κ3) is 2.62. The normalized spacial score (nSPS) is 11.0. The maximum Gasteiger partial charge on any atom is 0.303 e. The second-order valence-corrected chi connectivity index (χ2v) is 5.11. The first-order valence-corrected chi connectivity index (χ1v) is 6.76. The topological polar surface area (TPSA) is 82.1 Å². The predicted octanol–water partition coefficient (Wildman–Crippen LogP) is 3.71. The van der Waals surface area contributed by atoms with Crippen LogP contribution in [0.15, 0.2) is 35.0 Å². The number of nitro benzene ring substituents is 1. The van der Waals surface area contributed by atoms with Crippen LogP contribution in [0.1, 0.15) is 11.1 Å². The molecule has 0 aliphatic rings. The fourth-order valence-electron chi connectivity index (χ4n) is 2.28. The zero-order valence-corrected chi connectivity index (χ0v) is 11.9. The minimum Gasteiger partial charge on any atom is -0.258 e. The average molecular weight is 322 g/mol. The Balaban J connectivity index is 1.93. The van der Waals surface area contributed by atoms with Crippen LogP contribution in [-0.4, -0.2) is 15.2 Å². The molecule has 0 aliphatic heterocycles. The van der Waals surface area contributed by atoms with Crippen molar-refractivity contribution < 1.29 is 13.9 Å². The summed E-state index contributed by atoms with van der Waals surface area (Å²) in [6, 6.07) is 7.32. The molecular weight excluding hydrogens is 313 g/mol. The molecule has 1 heterocycles. The number of aryl methyl sites for hydroxylation is 2. The van der Waals surface area contributed by atoms with E-state index in [1.54, 1.807) is 18.2 Å². The van der Waals surface area contributed by atoms with Crippen molar-refractivity contribution in [2.75, 3.05) is 0 Å². The Kier molecular flexibility index (Phi) is 3.72. The van der Waals surface area contributed by atoms with Gasteiger partial charge in [-0.1, -0.05) is 17.7 Å². The van der Waals surface area contributed by atoms with Crippen LogP contribution in [0.3, 0.4) is 0 Å². The van der Waals surface area contributed by atoms with Gasteiger partial charge in [0.15, 0.2) is 0 Å². The Morgan fingerprint density at radius 1 is 1.18 bits per heavy atom. The lowest BCUT2D eigenvalue weighted by Gasteiger charge is -2.05. The summed E-state index contributed by atoms with van der Waals surface area (Å²) in [5.74, 6) is -0.421. The number of aromatic nitrogens is 2. The van der Waals surface area contributed by atoms with Crippen molar-refractivity contribution in [1.82, 2.24) is 10.3 Å². The number of rotatable bonds is 4. The molecule has 0 fully saturated rings. The van der Waals surface area contributed by atoms with Crippen molar-refractivity contribution >= 4 is 28.3 Å². The number of nitro groups is 1. The van der Waals surface area contributed by atoms with Crippen molar-refractivity contribution in [2.45, 2.75) is 12.8 Å². The molecule has 0 aliphatic carbocycles. The molecule has 3 rings (SSSR count). The summed E-state index contributed by atoms with van der Waals surface area (Å²) in [5.41, 5.74) is 1.53. The highest BCUT2D eigenvalue weighted by Crippen LogP contribution is 2.29. The summed E-state index contributed by atoms with van der Waals surface area (Å²) in [4.78, 5) is 10.8. The van der Waals surface area contributed by atoms with Gasteiger partial charge in [0, 0.05) is 10.6 Å². The van der Waals surface area contributed by atoms with Gasteiger partial charge >= 0.3 is 5.69 Å². The molecule has 0 amide bonds. The van der Waals surface area contributed by atoms with Crippen molar-refractivity contribution in [3.8, 4) is 0 Å². The molecule has 0 atom stereocenters. The quantitative estimate of drug-likeness (QED) is 0.540. The third-order valence-corrected chi connectivity index (χ3v) is 3.70. The third-order valence-electron chi connectivity index (χ3n) is 3.35. The fourth-order valence-corrected chi connectivity index (χ4v) is 2.54. The SMILES string of the molecule is O=[N+]([O-])c1c(CCc2ccc(F)cc2Cl)ccc2nonc12. The van der Waals surface area contributed by atoms with Crippen LogP contribution < -0.4 is 0 Å². The molecule has 2 aromatic carbocycles. The van der Waals surface area contributed by atoms with Gasteiger partial charge in [-0.2, -0.15) is 0 Å². The van der Waals surface area contributed by atoms with Gasteiger partial charge < -0.3 is 0 Å². The lowest BCUT2D eigenvalue weighted by Crippen LogP contribution is -1.99. The zero-order valence-electron chi connectivity index (χ0n) is 11.1. The van der Waals surface area contributed by atoms with Crippen LogP contribution >= 0.6 is 11.6 Å². The van der Waals surface area contributed by atoms with Gasteiger partial charge in [0.05, 0.1) is 4.92 Å². The first-order valence-electron chi connectivity index (χ1n) is 6.38. The van der Waals surface area contributed by atoms with Gasteiger partial charge in [0.1, 0.15) is 11.3 Å². The fraction of sp³-hybridized carbons (Fsp3) is 0.143. The number of hydrogen-bond donors (Lipinski definition) is 0. The van der Waals surface area contributed by atoms with Gasteiger partial charge in [0.25, 0.3) is 0 Å². The summed E-state index contributed by atoms with van der Waals surface area (Å²) >= 11 is 5.96. The summed E-state index contributed by atoms with van der Waals surface area (Å²) in [6.07, 6.45) is 0.807. The van der Waals surface area contributed by atoms with Gasteiger partial charge in [-0.15, -0.1) is 0 Å². The van der Waals surface area contributed by atoms with Gasteiger partial charge in [0.2, 0.25) is 5.52 Å². The zero-order chi connectivity index (χ0) is 15.7. The summed E-state index contributed by atoms with van der Waals surface area (Å²) in [7, 11) is 0. The average Bonchev–Trinajstić information content (AvgIpc) is 2.93. The Bertz CT molecular complexity index is 866. The number of hydrogen-bond acceptors (Lipinski definition) is 5. The van der Waals surface area contributed by atoms with E-state index in [9.17, 15) is 14.5 Å². The lowest BCUT2D eigenvalue weighted by molar-refractivity contribution is -0.384. The molecule has 0 radical (unpaired) electrons.